The molecule has 28 heavy (non-hydrogen) atoms. The number of amides is 3. The molecule has 3 fully saturated rings. The first-order valence-corrected chi connectivity index (χ1v) is 10.7. The predicted molar refractivity (Wildman–Crippen MR) is 111 cm³/mol. The number of carbonyl (C=O) groups excluding carboxylic acids is 2. The number of rotatable bonds is 3. The van der Waals surface area contributed by atoms with E-state index < -0.39 is 0 Å². The lowest BCUT2D eigenvalue weighted by atomic mass is 9.69. The van der Waals surface area contributed by atoms with Gasteiger partial charge in [0.25, 0.3) is 0 Å². The topological polar surface area (TPSA) is 61.4 Å². The fourth-order valence-electron chi connectivity index (χ4n) is 5.81. The van der Waals surface area contributed by atoms with E-state index in [0.717, 1.165) is 24.9 Å². The van der Waals surface area contributed by atoms with Crippen LogP contribution in [0.3, 0.4) is 0 Å². The van der Waals surface area contributed by atoms with E-state index in [0.29, 0.717) is 24.4 Å². The van der Waals surface area contributed by atoms with E-state index in [2.05, 4.69) is 31.4 Å². The number of anilines is 1. The van der Waals surface area contributed by atoms with E-state index in [1.54, 1.807) is 4.90 Å². The third-order valence-corrected chi connectivity index (χ3v) is 8.21. The van der Waals surface area contributed by atoms with Crippen LogP contribution in [0.25, 0.3) is 0 Å². The van der Waals surface area contributed by atoms with Gasteiger partial charge in [0.05, 0.1) is 5.92 Å². The molecule has 2 N–H and O–H groups in total. The number of hydrogen-bond acceptors (Lipinski definition) is 2. The number of benzene rings is 1. The number of para-hydroxylation sites is 1. The summed E-state index contributed by atoms with van der Waals surface area (Å²) in [6.45, 7) is 8.30. The monoisotopic (exact) mass is 383 g/mol. The molecule has 5 heteroatoms. The third-order valence-electron chi connectivity index (χ3n) is 8.21. The zero-order chi connectivity index (χ0) is 19.9. The van der Waals surface area contributed by atoms with E-state index in [-0.39, 0.29) is 29.3 Å². The summed E-state index contributed by atoms with van der Waals surface area (Å²) in [7, 11) is 0. The maximum absolute atomic E-state index is 13.0. The number of urea groups is 1. The molecule has 0 aromatic heterocycles. The molecular formula is C23H33N3O2. The fraction of sp³-hybridized carbons (Fsp3) is 0.652. The summed E-state index contributed by atoms with van der Waals surface area (Å²) < 4.78 is 0. The minimum atomic E-state index is -0.114. The molecule has 4 unspecified atom stereocenters. The summed E-state index contributed by atoms with van der Waals surface area (Å²) in [5.74, 6) is 0.732. The lowest BCUT2D eigenvalue weighted by molar-refractivity contribution is -0.128. The lowest BCUT2D eigenvalue weighted by Crippen LogP contribution is -2.52. The van der Waals surface area contributed by atoms with Crippen LogP contribution in [-0.4, -0.2) is 36.0 Å². The van der Waals surface area contributed by atoms with E-state index >= 15 is 0 Å². The van der Waals surface area contributed by atoms with Crippen LogP contribution >= 0.6 is 0 Å². The second-order valence-electron chi connectivity index (χ2n) is 9.75. The first kappa shape index (κ1) is 19.3. The van der Waals surface area contributed by atoms with Crippen LogP contribution in [0, 0.1) is 22.7 Å². The van der Waals surface area contributed by atoms with Crippen LogP contribution in [-0.2, 0) is 4.79 Å². The molecule has 1 aromatic rings. The second kappa shape index (κ2) is 7.09. The highest BCUT2D eigenvalue weighted by atomic mass is 16.2. The molecule has 1 saturated heterocycles. The number of piperidine rings is 1. The average molecular weight is 384 g/mol. The van der Waals surface area contributed by atoms with Crippen molar-refractivity contribution in [2.24, 2.45) is 22.7 Å². The van der Waals surface area contributed by atoms with Gasteiger partial charge in [-0.25, -0.2) is 4.79 Å². The number of nitrogens with zero attached hydrogens (tertiary/aromatic N) is 1. The molecule has 2 bridgehead atoms. The van der Waals surface area contributed by atoms with Crippen LogP contribution in [0.5, 0.6) is 0 Å². The highest BCUT2D eigenvalue weighted by Gasteiger charge is 2.61. The number of fused-ring (bicyclic) bond motifs is 2. The van der Waals surface area contributed by atoms with Crippen LogP contribution in [0.2, 0.25) is 0 Å². The van der Waals surface area contributed by atoms with E-state index in [4.69, 9.17) is 0 Å². The fourth-order valence-corrected chi connectivity index (χ4v) is 5.81. The number of hydrogen-bond donors (Lipinski definition) is 2. The smallest absolute Gasteiger partial charge is 0.321 e. The van der Waals surface area contributed by atoms with Gasteiger partial charge in [0, 0.05) is 24.8 Å². The van der Waals surface area contributed by atoms with Gasteiger partial charge < -0.3 is 15.5 Å². The van der Waals surface area contributed by atoms with Crippen LogP contribution < -0.4 is 10.6 Å². The van der Waals surface area contributed by atoms with Crippen LogP contribution in [0.1, 0.15) is 52.9 Å². The minimum Gasteiger partial charge on any atom is -0.352 e. The van der Waals surface area contributed by atoms with Crippen molar-refractivity contribution in [2.45, 2.75) is 58.9 Å². The van der Waals surface area contributed by atoms with Gasteiger partial charge in [-0.3, -0.25) is 4.79 Å². The third kappa shape index (κ3) is 3.19. The Bertz CT molecular complexity index is 747. The van der Waals surface area contributed by atoms with Crippen molar-refractivity contribution in [1.82, 2.24) is 10.2 Å². The summed E-state index contributed by atoms with van der Waals surface area (Å²) in [6, 6.07) is 9.64. The molecule has 152 valence electrons. The van der Waals surface area contributed by atoms with Gasteiger partial charge in [-0.2, -0.15) is 0 Å². The van der Waals surface area contributed by atoms with E-state index in [1.807, 2.05) is 30.3 Å². The molecule has 2 saturated carbocycles. The summed E-state index contributed by atoms with van der Waals surface area (Å²) in [6.07, 6.45) is 5.31. The van der Waals surface area contributed by atoms with E-state index in [1.165, 1.54) is 12.8 Å². The Kier molecular flexibility index (Phi) is 4.88. The Hall–Kier alpha value is -2.04. The molecule has 0 spiro atoms. The second-order valence-corrected chi connectivity index (χ2v) is 9.75. The van der Waals surface area contributed by atoms with Crippen molar-refractivity contribution in [3.63, 3.8) is 0 Å². The Morgan fingerprint density at radius 2 is 1.86 bits per heavy atom. The van der Waals surface area contributed by atoms with Crippen molar-refractivity contribution < 1.29 is 9.59 Å². The summed E-state index contributed by atoms with van der Waals surface area (Å²) in [4.78, 5) is 27.4. The lowest BCUT2D eigenvalue weighted by Gasteiger charge is -2.40. The van der Waals surface area contributed by atoms with Gasteiger partial charge >= 0.3 is 6.03 Å². The number of likely N-dealkylation sites (tertiary alicyclic amines) is 1. The van der Waals surface area contributed by atoms with Crippen molar-refractivity contribution in [3.05, 3.63) is 30.3 Å². The normalized spacial score (nSPS) is 33.5. The van der Waals surface area contributed by atoms with Crippen LogP contribution in [0.4, 0.5) is 10.5 Å². The molecular weight excluding hydrogens is 350 g/mol. The molecule has 1 heterocycles. The molecule has 4 atom stereocenters. The van der Waals surface area contributed by atoms with Gasteiger partial charge in [-0.1, -0.05) is 39.0 Å². The molecule has 2 aliphatic carbocycles. The van der Waals surface area contributed by atoms with E-state index in [9.17, 15) is 9.59 Å². The van der Waals surface area contributed by atoms with Gasteiger partial charge in [-0.05, 0) is 61.0 Å². The molecule has 5 nitrogen and oxygen atoms in total. The summed E-state index contributed by atoms with van der Waals surface area (Å²) in [5, 5.41) is 6.33. The largest absolute Gasteiger partial charge is 0.352 e. The molecule has 1 aromatic carbocycles. The summed E-state index contributed by atoms with van der Waals surface area (Å²) in [5.41, 5.74) is 1.27. The maximum Gasteiger partial charge on any atom is 0.321 e. The molecule has 4 rings (SSSR count). The highest BCUT2D eigenvalue weighted by molar-refractivity contribution is 5.90. The molecule has 3 amide bonds. The first-order chi connectivity index (χ1) is 13.3. The average Bonchev–Trinajstić information content (AvgIpc) is 3.02. The number of carbonyl (C=O) groups is 2. The standard InChI is InChI=1S/C23H33N3O2/c1-22(2)17-11-12-23(22,3)19(14-17)25-20(27)16-8-7-13-26(15-16)21(28)24-18-9-5-4-6-10-18/h4-6,9-10,16-17,19H,7-8,11-15H2,1-3H3,(H,24,28)(H,25,27). The summed E-state index contributed by atoms with van der Waals surface area (Å²) >= 11 is 0. The van der Waals surface area contributed by atoms with Crippen molar-refractivity contribution >= 4 is 17.6 Å². The Morgan fingerprint density at radius 3 is 2.50 bits per heavy atom. The highest BCUT2D eigenvalue weighted by Crippen LogP contribution is 2.65. The van der Waals surface area contributed by atoms with Gasteiger partial charge in [0.1, 0.15) is 0 Å². The van der Waals surface area contributed by atoms with Crippen LogP contribution in [0.15, 0.2) is 30.3 Å². The predicted octanol–water partition coefficient (Wildman–Crippen LogP) is 4.26. The zero-order valence-corrected chi connectivity index (χ0v) is 17.3. The van der Waals surface area contributed by atoms with Gasteiger partial charge in [0.15, 0.2) is 0 Å². The molecule has 3 aliphatic rings. The SMILES string of the molecule is CC1(C)C2CCC1(C)C(NC(=O)C1CCCN(C(=O)Nc3ccccc3)C1)C2. The number of nitrogens with one attached hydrogen (secondary N) is 2. The van der Waals surface area contributed by atoms with Crippen molar-refractivity contribution in [1.29, 1.82) is 0 Å². The van der Waals surface area contributed by atoms with Crippen molar-refractivity contribution in [2.75, 3.05) is 18.4 Å². The Balaban J connectivity index is 1.36. The molecule has 1 aliphatic heterocycles. The van der Waals surface area contributed by atoms with Gasteiger partial charge in [0.2, 0.25) is 5.91 Å². The quantitative estimate of drug-likeness (QED) is 0.819. The maximum atomic E-state index is 13.0. The Labute approximate surface area is 168 Å². The Morgan fingerprint density at radius 1 is 1.11 bits per heavy atom. The molecule has 0 radical (unpaired) electrons. The van der Waals surface area contributed by atoms with Gasteiger partial charge in [-0.15, -0.1) is 0 Å². The first-order valence-electron chi connectivity index (χ1n) is 10.7. The minimum absolute atomic E-state index is 0.110. The zero-order valence-electron chi connectivity index (χ0n) is 17.3. The van der Waals surface area contributed by atoms with Crippen molar-refractivity contribution in [3.8, 4) is 0 Å².